The average molecular weight is 495 g/mol. The number of aryl methyl sites for hydroxylation is 6. The third-order valence-electron chi connectivity index (χ3n) is 4.52. The molecule has 0 heterocycles. The van der Waals surface area contributed by atoms with Crippen LogP contribution in [0.3, 0.4) is 0 Å². The third-order valence-corrected chi connectivity index (χ3v) is 7.92. The van der Waals surface area contributed by atoms with Crippen LogP contribution in [0.4, 0.5) is 0 Å². The Morgan fingerprint density at radius 3 is 1.28 bits per heavy atom. The Morgan fingerprint density at radius 2 is 0.906 bits per heavy atom. The molecular formula is C28H27ClS3. The van der Waals surface area contributed by atoms with E-state index in [2.05, 4.69) is 107 Å². The molecule has 164 valence electrons. The first kappa shape index (κ1) is 24.9. The molecule has 0 fully saturated rings. The Labute approximate surface area is 210 Å². The average Bonchev–Trinajstić information content (AvgIpc) is 2.65. The second-order valence-electron chi connectivity index (χ2n) is 8.10. The maximum absolute atomic E-state index is 6.79. The maximum Gasteiger partial charge on any atom is 0.112 e. The summed E-state index contributed by atoms with van der Waals surface area (Å²) in [6, 6.07) is 19.6. The van der Waals surface area contributed by atoms with Gasteiger partial charge in [-0.2, -0.15) is 0 Å². The Kier molecular flexibility index (Phi) is 8.91. The van der Waals surface area contributed by atoms with Gasteiger partial charge in [0, 0.05) is 14.7 Å². The molecule has 32 heavy (non-hydrogen) atoms. The van der Waals surface area contributed by atoms with E-state index in [1.165, 1.54) is 54.9 Å². The van der Waals surface area contributed by atoms with Crippen LogP contribution in [0.25, 0.3) is 0 Å². The Bertz CT molecular complexity index is 1110. The molecule has 3 rings (SSSR count). The zero-order chi connectivity index (χ0) is 23.3. The predicted molar refractivity (Wildman–Crippen MR) is 146 cm³/mol. The van der Waals surface area contributed by atoms with Gasteiger partial charge in [-0.25, -0.2) is 0 Å². The van der Waals surface area contributed by atoms with Crippen molar-refractivity contribution in [3.63, 3.8) is 0 Å². The number of allylic oxidation sites excluding steroid dienone is 1. The zero-order valence-electron chi connectivity index (χ0n) is 19.3. The molecule has 0 aliphatic carbocycles. The quantitative estimate of drug-likeness (QED) is 0.256. The lowest BCUT2D eigenvalue weighted by molar-refractivity contribution is 1.29. The van der Waals surface area contributed by atoms with Crippen molar-refractivity contribution in [1.82, 2.24) is 0 Å². The van der Waals surface area contributed by atoms with Crippen LogP contribution in [0.2, 0.25) is 0 Å². The molecule has 0 nitrogen and oxygen atoms in total. The van der Waals surface area contributed by atoms with E-state index in [1.807, 2.05) is 0 Å². The van der Waals surface area contributed by atoms with E-state index in [0.29, 0.717) is 5.03 Å². The predicted octanol–water partition coefficient (Wildman–Crippen LogP) is 9.58. The Hall–Kier alpha value is -1.70. The summed E-state index contributed by atoms with van der Waals surface area (Å²) >= 11 is 11.7. The smallest absolute Gasteiger partial charge is 0.0805 e. The molecule has 0 atom stereocenters. The van der Waals surface area contributed by atoms with Crippen LogP contribution < -0.4 is 0 Å². The molecule has 0 spiro atoms. The molecule has 4 heteroatoms. The van der Waals surface area contributed by atoms with E-state index >= 15 is 0 Å². The lowest BCUT2D eigenvalue weighted by Gasteiger charge is -2.11. The summed E-state index contributed by atoms with van der Waals surface area (Å²) in [4.78, 5) is 3.50. The highest BCUT2D eigenvalue weighted by molar-refractivity contribution is 8.22. The molecule has 0 saturated heterocycles. The highest BCUT2D eigenvalue weighted by Crippen LogP contribution is 2.43. The van der Waals surface area contributed by atoms with Gasteiger partial charge in [-0.1, -0.05) is 53.3 Å². The van der Waals surface area contributed by atoms with Crippen molar-refractivity contribution in [3.8, 4) is 11.2 Å². The summed E-state index contributed by atoms with van der Waals surface area (Å²) in [6.45, 7) is 12.7. The Morgan fingerprint density at radius 1 is 0.562 bits per heavy atom. The van der Waals surface area contributed by atoms with Gasteiger partial charge in [0.2, 0.25) is 0 Å². The third kappa shape index (κ3) is 7.71. The fourth-order valence-corrected chi connectivity index (χ4v) is 7.01. The molecule has 0 unspecified atom stereocenters. The summed E-state index contributed by atoms with van der Waals surface area (Å²) in [5.41, 5.74) is 7.47. The number of hydrogen-bond acceptors (Lipinski definition) is 3. The summed E-state index contributed by atoms with van der Waals surface area (Å²) in [7, 11) is 0. The first-order valence-corrected chi connectivity index (χ1v) is 13.2. The van der Waals surface area contributed by atoms with E-state index in [-0.39, 0.29) is 0 Å². The molecule has 0 amide bonds. The van der Waals surface area contributed by atoms with E-state index < -0.39 is 0 Å². The molecule has 0 aliphatic heterocycles. The van der Waals surface area contributed by atoms with Crippen molar-refractivity contribution in [1.29, 1.82) is 0 Å². The van der Waals surface area contributed by atoms with Gasteiger partial charge >= 0.3 is 0 Å². The number of rotatable bonds is 5. The fourth-order valence-electron chi connectivity index (χ4n) is 3.48. The topological polar surface area (TPSA) is 0 Å². The van der Waals surface area contributed by atoms with Crippen molar-refractivity contribution in [3.05, 3.63) is 97.2 Å². The second-order valence-corrected chi connectivity index (χ2v) is 11.8. The second kappa shape index (κ2) is 11.4. The minimum absolute atomic E-state index is 0.579. The maximum atomic E-state index is 6.79. The van der Waals surface area contributed by atoms with Crippen LogP contribution >= 0.6 is 46.9 Å². The van der Waals surface area contributed by atoms with Gasteiger partial charge in [0.1, 0.15) is 5.03 Å². The monoisotopic (exact) mass is 494 g/mol. The summed E-state index contributed by atoms with van der Waals surface area (Å²) in [5, 5.41) is 3.78. The SMILES string of the molecule is Cc1cc(C)cc(SC#CC(Cl)=C(Sc2cc(C)cc(C)c2)Sc2cc(C)cc(C)c2)c1. The number of hydrogen-bond donors (Lipinski definition) is 0. The summed E-state index contributed by atoms with van der Waals surface area (Å²) in [5.74, 6) is 3.19. The molecule has 0 N–H and O–H groups in total. The Balaban J connectivity index is 1.93. The highest BCUT2D eigenvalue weighted by atomic mass is 35.5. The van der Waals surface area contributed by atoms with E-state index in [1.54, 1.807) is 23.5 Å². The van der Waals surface area contributed by atoms with Gasteiger partial charge in [0.25, 0.3) is 0 Å². The van der Waals surface area contributed by atoms with Gasteiger partial charge in [0.05, 0.1) is 4.24 Å². The first-order valence-electron chi connectivity index (χ1n) is 10.4. The van der Waals surface area contributed by atoms with Crippen molar-refractivity contribution >= 4 is 46.9 Å². The van der Waals surface area contributed by atoms with Gasteiger partial charge in [-0.3, -0.25) is 0 Å². The van der Waals surface area contributed by atoms with Crippen LogP contribution in [0.15, 0.2) is 78.6 Å². The molecule has 0 saturated carbocycles. The summed E-state index contributed by atoms with van der Waals surface area (Å²) < 4.78 is 0.996. The van der Waals surface area contributed by atoms with Gasteiger partial charge in [-0.05, 0) is 134 Å². The van der Waals surface area contributed by atoms with Crippen LogP contribution in [-0.4, -0.2) is 0 Å². The highest BCUT2D eigenvalue weighted by Gasteiger charge is 2.11. The molecule has 3 aromatic carbocycles. The fraction of sp³-hybridized carbons (Fsp3) is 0.214. The lowest BCUT2D eigenvalue weighted by atomic mass is 10.2. The van der Waals surface area contributed by atoms with Gasteiger partial charge < -0.3 is 0 Å². The van der Waals surface area contributed by atoms with E-state index in [4.69, 9.17) is 11.6 Å². The molecule has 0 bridgehead atoms. The van der Waals surface area contributed by atoms with Crippen molar-refractivity contribution < 1.29 is 0 Å². The standard InChI is InChI=1S/C28H27ClS3/c1-18-9-19(2)13-24(12-18)30-8-7-27(29)28(31-25-14-20(3)10-21(4)15-25)32-26-16-22(5)11-23(6)17-26/h9-17H,1-6H3. The minimum Gasteiger partial charge on any atom is -0.0805 e. The van der Waals surface area contributed by atoms with Crippen LogP contribution in [0, 0.1) is 52.7 Å². The zero-order valence-corrected chi connectivity index (χ0v) is 22.5. The molecule has 0 aliphatic rings. The van der Waals surface area contributed by atoms with Crippen molar-refractivity contribution in [2.45, 2.75) is 56.2 Å². The molecule has 0 radical (unpaired) electrons. The minimum atomic E-state index is 0.579. The van der Waals surface area contributed by atoms with Crippen molar-refractivity contribution in [2.24, 2.45) is 0 Å². The number of thioether (sulfide) groups is 3. The van der Waals surface area contributed by atoms with Crippen LogP contribution in [0.5, 0.6) is 0 Å². The van der Waals surface area contributed by atoms with E-state index in [0.717, 1.165) is 9.13 Å². The van der Waals surface area contributed by atoms with Gasteiger partial charge in [0.15, 0.2) is 0 Å². The number of benzene rings is 3. The van der Waals surface area contributed by atoms with Crippen molar-refractivity contribution in [2.75, 3.05) is 0 Å². The van der Waals surface area contributed by atoms with Gasteiger partial charge in [-0.15, -0.1) is 0 Å². The molecular weight excluding hydrogens is 468 g/mol. The summed E-state index contributed by atoms with van der Waals surface area (Å²) in [6.07, 6.45) is 0. The lowest BCUT2D eigenvalue weighted by Crippen LogP contribution is -1.84. The van der Waals surface area contributed by atoms with Crippen LogP contribution in [0.1, 0.15) is 33.4 Å². The first-order chi connectivity index (χ1) is 15.2. The number of halogens is 1. The largest absolute Gasteiger partial charge is 0.112 e. The normalized spacial score (nSPS) is 10.5. The van der Waals surface area contributed by atoms with E-state index in [9.17, 15) is 0 Å². The van der Waals surface area contributed by atoms with Crippen LogP contribution in [-0.2, 0) is 0 Å². The molecule has 3 aromatic rings. The molecule has 0 aromatic heterocycles.